The van der Waals surface area contributed by atoms with Gasteiger partial charge in [-0.3, -0.25) is 9.59 Å². The van der Waals surface area contributed by atoms with Gasteiger partial charge in [-0.15, -0.1) is 0 Å². The van der Waals surface area contributed by atoms with Crippen molar-refractivity contribution in [3.05, 3.63) is 87.9 Å². The van der Waals surface area contributed by atoms with Gasteiger partial charge in [0.05, 0.1) is 18.9 Å². The Balaban J connectivity index is 1.61. The number of aryl methyl sites for hydroxylation is 2. The molecule has 2 N–H and O–H groups in total. The van der Waals surface area contributed by atoms with Crippen LogP contribution in [-0.2, 0) is 9.59 Å². The number of rotatable bonds is 6. The Kier molecular flexibility index (Phi) is 8.00. The first kappa shape index (κ1) is 24.5. The zero-order valence-electron chi connectivity index (χ0n) is 18.7. The van der Waals surface area contributed by atoms with Crippen LogP contribution in [0.1, 0.15) is 27.0 Å². The number of halogens is 1. The van der Waals surface area contributed by atoms with Gasteiger partial charge < -0.3 is 14.8 Å². The van der Waals surface area contributed by atoms with E-state index in [2.05, 4.69) is 15.8 Å². The number of methoxy groups -OCH3 is 1. The molecule has 3 aromatic rings. The van der Waals surface area contributed by atoms with Crippen LogP contribution in [0.4, 0.5) is 5.69 Å². The van der Waals surface area contributed by atoms with Crippen molar-refractivity contribution in [2.24, 2.45) is 5.10 Å². The average Bonchev–Trinajstić information content (AvgIpc) is 2.82. The SMILES string of the molecule is COc1cc(C=NNC(=O)C(=O)Nc2ccc(C)c(Cl)c2)ccc1OC(=O)c1ccccc1C. The van der Waals surface area contributed by atoms with Crippen LogP contribution < -0.4 is 20.2 Å². The molecule has 3 aromatic carbocycles. The summed E-state index contributed by atoms with van der Waals surface area (Å²) in [5, 5.41) is 6.70. The maximum atomic E-state index is 12.5. The molecule has 3 rings (SSSR count). The molecule has 0 aromatic heterocycles. The molecule has 0 aliphatic heterocycles. The van der Waals surface area contributed by atoms with Crippen molar-refractivity contribution in [3.63, 3.8) is 0 Å². The molecule has 0 aliphatic carbocycles. The molecule has 0 fully saturated rings. The second kappa shape index (κ2) is 11.1. The second-order valence-electron chi connectivity index (χ2n) is 7.23. The number of ether oxygens (including phenoxy) is 2. The van der Waals surface area contributed by atoms with E-state index in [1.807, 2.05) is 26.0 Å². The number of hydrogen-bond acceptors (Lipinski definition) is 6. The third kappa shape index (κ3) is 6.20. The van der Waals surface area contributed by atoms with Gasteiger partial charge in [0.25, 0.3) is 0 Å². The van der Waals surface area contributed by atoms with Crippen LogP contribution in [0.3, 0.4) is 0 Å². The van der Waals surface area contributed by atoms with Crippen molar-refractivity contribution in [3.8, 4) is 11.5 Å². The van der Waals surface area contributed by atoms with E-state index in [0.717, 1.165) is 11.1 Å². The van der Waals surface area contributed by atoms with E-state index in [0.29, 0.717) is 27.6 Å². The number of benzene rings is 3. The third-order valence-electron chi connectivity index (χ3n) is 4.77. The first-order valence-electron chi connectivity index (χ1n) is 10.1. The molecule has 0 bridgehead atoms. The van der Waals surface area contributed by atoms with E-state index in [1.54, 1.807) is 48.5 Å². The number of amides is 2. The van der Waals surface area contributed by atoms with Gasteiger partial charge in [-0.25, -0.2) is 10.2 Å². The summed E-state index contributed by atoms with van der Waals surface area (Å²) in [6, 6.07) is 16.7. The minimum Gasteiger partial charge on any atom is -0.493 e. The van der Waals surface area contributed by atoms with E-state index < -0.39 is 17.8 Å². The highest BCUT2D eigenvalue weighted by atomic mass is 35.5. The summed E-state index contributed by atoms with van der Waals surface area (Å²) in [5.74, 6) is -1.83. The molecule has 9 heteroatoms. The molecule has 0 unspecified atom stereocenters. The van der Waals surface area contributed by atoms with E-state index >= 15 is 0 Å². The van der Waals surface area contributed by atoms with Gasteiger partial charge in [-0.05, 0) is 66.9 Å². The largest absolute Gasteiger partial charge is 0.493 e. The van der Waals surface area contributed by atoms with Crippen LogP contribution in [0.15, 0.2) is 65.8 Å². The average molecular weight is 480 g/mol. The fourth-order valence-corrected chi connectivity index (χ4v) is 3.06. The van der Waals surface area contributed by atoms with Gasteiger partial charge in [0.1, 0.15) is 0 Å². The molecular formula is C25H22ClN3O5. The minimum atomic E-state index is -0.955. The maximum Gasteiger partial charge on any atom is 0.343 e. The Morgan fingerprint density at radius 3 is 2.38 bits per heavy atom. The zero-order chi connectivity index (χ0) is 24.7. The van der Waals surface area contributed by atoms with Crippen LogP contribution in [0.25, 0.3) is 0 Å². The molecule has 0 spiro atoms. The van der Waals surface area contributed by atoms with Gasteiger partial charge in [0, 0.05) is 10.7 Å². The Hall–Kier alpha value is -4.17. The third-order valence-corrected chi connectivity index (χ3v) is 5.18. The molecule has 2 amide bonds. The number of nitrogens with zero attached hydrogens (tertiary/aromatic N) is 1. The van der Waals surface area contributed by atoms with Crippen molar-refractivity contribution < 1.29 is 23.9 Å². The number of anilines is 1. The van der Waals surface area contributed by atoms with Crippen LogP contribution in [0.2, 0.25) is 5.02 Å². The fraction of sp³-hybridized carbons (Fsp3) is 0.120. The standard InChI is InChI=1S/C25H22ClN3O5/c1-15-6-4-5-7-19(15)25(32)34-21-11-9-17(12-22(21)33-3)14-27-29-24(31)23(30)28-18-10-8-16(2)20(26)13-18/h4-14H,1-3H3,(H,28,30)(H,29,31). The lowest BCUT2D eigenvalue weighted by molar-refractivity contribution is -0.136. The number of esters is 1. The molecule has 0 aliphatic rings. The van der Waals surface area contributed by atoms with Crippen molar-refractivity contribution in [2.45, 2.75) is 13.8 Å². The number of carbonyl (C=O) groups is 3. The lowest BCUT2D eigenvalue weighted by Crippen LogP contribution is -2.32. The number of hydrazone groups is 1. The Labute approximate surface area is 201 Å². The smallest absolute Gasteiger partial charge is 0.343 e. The van der Waals surface area contributed by atoms with Crippen molar-refractivity contribution in [1.29, 1.82) is 0 Å². The summed E-state index contributed by atoms with van der Waals surface area (Å²) in [4.78, 5) is 36.5. The van der Waals surface area contributed by atoms with Gasteiger partial charge in [-0.1, -0.05) is 35.9 Å². The summed E-state index contributed by atoms with van der Waals surface area (Å²) in [6.07, 6.45) is 1.32. The molecule has 0 atom stereocenters. The van der Waals surface area contributed by atoms with Crippen molar-refractivity contribution in [1.82, 2.24) is 5.43 Å². The summed E-state index contributed by atoms with van der Waals surface area (Å²) in [7, 11) is 1.44. The second-order valence-corrected chi connectivity index (χ2v) is 7.64. The fourth-order valence-electron chi connectivity index (χ4n) is 2.88. The maximum absolute atomic E-state index is 12.5. The van der Waals surface area contributed by atoms with Gasteiger partial charge in [0.2, 0.25) is 0 Å². The Morgan fingerprint density at radius 2 is 1.68 bits per heavy atom. The first-order chi connectivity index (χ1) is 16.3. The van der Waals surface area contributed by atoms with Crippen molar-refractivity contribution >= 4 is 41.3 Å². The molecule has 174 valence electrons. The number of carbonyl (C=O) groups excluding carboxylic acids is 3. The molecule has 8 nitrogen and oxygen atoms in total. The van der Waals surface area contributed by atoms with Gasteiger partial charge >= 0.3 is 17.8 Å². The first-order valence-corrected chi connectivity index (χ1v) is 10.5. The molecular weight excluding hydrogens is 458 g/mol. The predicted molar refractivity (Wildman–Crippen MR) is 130 cm³/mol. The zero-order valence-corrected chi connectivity index (χ0v) is 19.5. The normalized spacial score (nSPS) is 10.6. The van der Waals surface area contributed by atoms with E-state index in [1.165, 1.54) is 13.3 Å². The van der Waals surface area contributed by atoms with E-state index in [4.69, 9.17) is 21.1 Å². The van der Waals surface area contributed by atoms with Gasteiger partial charge in [-0.2, -0.15) is 5.10 Å². The van der Waals surface area contributed by atoms with E-state index in [-0.39, 0.29) is 5.75 Å². The summed E-state index contributed by atoms with van der Waals surface area (Å²) in [6.45, 7) is 3.64. The highest BCUT2D eigenvalue weighted by molar-refractivity contribution is 6.39. The van der Waals surface area contributed by atoms with E-state index in [9.17, 15) is 14.4 Å². The lowest BCUT2D eigenvalue weighted by Gasteiger charge is -2.11. The van der Waals surface area contributed by atoms with Gasteiger partial charge in [0.15, 0.2) is 11.5 Å². The highest BCUT2D eigenvalue weighted by Crippen LogP contribution is 2.28. The molecule has 0 heterocycles. The van der Waals surface area contributed by atoms with Crippen molar-refractivity contribution in [2.75, 3.05) is 12.4 Å². The van der Waals surface area contributed by atoms with Crippen LogP contribution >= 0.6 is 11.6 Å². The number of nitrogens with one attached hydrogen (secondary N) is 2. The number of hydrogen-bond donors (Lipinski definition) is 2. The van der Waals surface area contributed by atoms with Crippen LogP contribution in [0, 0.1) is 13.8 Å². The lowest BCUT2D eigenvalue weighted by atomic mass is 10.1. The monoisotopic (exact) mass is 479 g/mol. The topological polar surface area (TPSA) is 106 Å². The van der Waals surface area contributed by atoms with Crippen LogP contribution in [0.5, 0.6) is 11.5 Å². The quantitative estimate of drug-likeness (QED) is 0.180. The predicted octanol–water partition coefficient (Wildman–Crippen LogP) is 4.27. The molecule has 0 radical (unpaired) electrons. The molecule has 0 saturated carbocycles. The summed E-state index contributed by atoms with van der Waals surface area (Å²) < 4.78 is 10.8. The Morgan fingerprint density at radius 1 is 0.912 bits per heavy atom. The summed E-state index contributed by atoms with van der Waals surface area (Å²) in [5.41, 5.74) is 5.17. The minimum absolute atomic E-state index is 0.230. The van der Waals surface area contributed by atoms with Crippen LogP contribution in [-0.4, -0.2) is 31.1 Å². The Bertz CT molecular complexity index is 1270. The molecule has 0 saturated heterocycles. The summed E-state index contributed by atoms with van der Waals surface area (Å²) >= 11 is 6.02. The molecule has 34 heavy (non-hydrogen) atoms. The highest BCUT2D eigenvalue weighted by Gasteiger charge is 2.15.